The van der Waals surface area contributed by atoms with E-state index in [1.54, 1.807) is 6.92 Å². The third kappa shape index (κ3) is 3.53. The molecule has 3 rings (SSSR count). The Hall–Kier alpha value is -2.90. The minimum atomic E-state index is -0.255. The van der Waals surface area contributed by atoms with E-state index in [1.165, 1.54) is 0 Å². The summed E-state index contributed by atoms with van der Waals surface area (Å²) in [7, 11) is 1.94. The van der Waals surface area contributed by atoms with Crippen molar-refractivity contribution in [3.8, 4) is 0 Å². The van der Waals surface area contributed by atoms with Gasteiger partial charge in [-0.3, -0.25) is 0 Å². The molecule has 0 radical (unpaired) electrons. The second kappa shape index (κ2) is 6.69. The number of nitrogens with zero attached hydrogens (tertiary/aromatic N) is 4. The van der Waals surface area contributed by atoms with Crippen LogP contribution in [0.1, 0.15) is 23.1 Å². The number of rotatable bonds is 5. The van der Waals surface area contributed by atoms with Crippen LogP contribution in [0.2, 0.25) is 0 Å². The van der Waals surface area contributed by atoms with Crippen LogP contribution in [0.15, 0.2) is 22.7 Å². The highest BCUT2D eigenvalue weighted by Crippen LogP contribution is 2.16. The number of carbonyl (C=O) groups is 1. The minimum Gasteiger partial charge on any atom is -0.339 e. The molecule has 2 heterocycles. The molecule has 0 aliphatic carbocycles. The number of benzene rings is 1. The van der Waals surface area contributed by atoms with Crippen LogP contribution in [0.4, 0.5) is 4.79 Å². The molecule has 126 valence electrons. The third-order valence-electron chi connectivity index (χ3n) is 3.73. The van der Waals surface area contributed by atoms with Crippen LogP contribution in [0, 0.1) is 13.8 Å². The fourth-order valence-electron chi connectivity index (χ4n) is 2.46. The molecule has 2 aromatic heterocycles. The van der Waals surface area contributed by atoms with Gasteiger partial charge in [0.15, 0.2) is 5.82 Å². The zero-order valence-electron chi connectivity index (χ0n) is 14.0. The van der Waals surface area contributed by atoms with E-state index in [2.05, 4.69) is 25.8 Å². The first kappa shape index (κ1) is 16.0. The first-order valence-electron chi connectivity index (χ1n) is 7.76. The van der Waals surface area contributed by atoms with E-state index >= 15 is 0 Å². The van der Waals surface area contributed by atoms with Gasteiger partial charge in [0.1, 0.15) is 5.82 Å². The lowest BCUT2D eigenvalue weighted by molar-refractivity contribution is 0.240. The van der Waals surface area contributed by atoms with Gasteiger partial charge in [0, 0.05) is 20.0 Å². The average molecular weight is 328 g/mol. The number of aromatic nitrogens is 4. The molecule has 0 bridgehead atoms. The summed E-state index contributed by atoms with van der Waals surface area (Å²) in [4.78, 5) is 20.5. The molecule has 8 nitrogen and oxygen atoms in total. The predicted octanol–water partition coefficient (Wildman–Crippen LogP) is 1.62. The summed E-state index contributed by atoms with van der Waals surface area (Å²) >= 11 is 0. The quantitative estimate of drug-likeness (QED) is 0.741. The van der Waals surface area contributed by atoms with Gasteiger partial charge in [-0.15, -0.1) is 0 Å². The summed E-state index contributed by atoms with van der Waals surface area (Å²) in [5.41, 5.74) is 3.14. The highest BCUT2D eigenvalue weighted by Gasteiger charge is 2.09. The average Bonchev–Trinajstić information content (AvgIpc) is 3.09. The molecule has 2 amide bonds. The first-order chi connectivity index (χ1) is 11.5. The molecule has 24 heavy (non-hydrogen) atoms. The molecule has 0 spiro atoms. The Morgan fingerprint density at radius 1 is 1.25 bits per heavy atom. The second-order valence-electron chi connectivity index (χ2n) is 5.67. The minimum absolute atomic E-state index is 0.255. The molecule has 0 saturated heterocycles. The number of fused-ring (bicyclic) bond motifs is 1. The molecular weight excluding hydrogens is 308 g/mol. The lowest BCUT2D eigenvalue weighted by Gasteiger charge is -2.06. The Labute approximate surface area is 139 Å². The molecule has 3 aromatic rings. The van der Waals surface area contributed by atoms with Gasteiger partial charge in [0.25, 0.3) is 0 Å². The van der Waals surface area contributed by atoms with Crippen molar-refractivity contribution in [1.82, 2.24) is 30.3 Å². The number of aryl methyl sites for hydroxylation is 3. The molecule has 0 aliphatic heterocycles. The largest absolute Gasteiger partial charge is 0.339 e. The number of hydrogen-bond donors (Lipinski definition) is 2. The van der Waals surface area contributed by atoms with Crippen LogP contribution in [0.5, 0.6) is 0 Å². The number of nitrogens with one attached hydrogen (secondary N) is 2. The van der Waals surface area contributed by atoms with Crippen molar-refractivity contribution < 1.29 is 9.32 Å². The van der Waals surface area contributed by atoms with Crippen LogP contribution in [-0.4, -0.2) is 32.3 Å². The standard InChI is InChI=1S/C16H20N6O2/c1-10-4-5-13-12(8-10)20-14(22(13)3)9-18-16(23)17-7-6-15-19-11(2)21-24-15/h4-5,8H,6-7,9H2,1-3H3,(H2,17,18,23). The lowest BCUT2D eigenvalue weighted by atomic mass is 10.2. The summed E-state index contributed by atoms with van der Waals surface area (Å²) in [5.74, 6) is 1.91. The number of urea groups is 1. The van der Waals surface area contributed by atoms with Gasteiger partial charge in [-0.2, -0.15) is 4.98 Å². The SMILES string of the molecule is Cc1ccc2c(c1)nc(CNC(=O)NCCc1nc(C)no1)n2C. The highest BCUT2D eigenvalue weighted by atomic mass is 16.5. The Morgan fingerprint density at radius 3 is 2.83 bits per heavy atom. The number of imidazole rings is 1. The van der Waals surface area contributed by atoms with Crippen molar-refractivity contribution in [2.24, 2.45) is 7.05 Å². The molecule has 0 atom stereocenters. The van der Waals surface area contributed by atoms with E-state index in [-0.39, 0.29) is 6.03 Å². The van der Waals surface area contributed by atoms with Crippen molar-refractivity contribution >= 4 is 17.1 Å². The monoisotopic (exact) mass is 328 g/mol. The van der Waals surface area contributed by atoms with Crippen molar-refractivity contribution in [2.75, 3.05) is 6.54 Å². The summed E-state index contributed by atoms with van der Waals surface area (Å²) < 4.78 is 6.97. The van der Waals surface area contributed by atoms with E-state index in [4.69, 9.17) is 4.52 Å². The normalized spacial score (nSPS) is 11.0. The van der Waals surface area contributed by atoms with Crippen LogP contribution >= 0.6 is 0 Å². The molecule has 0 saturated carbocycles. The molecule has 1 aromatic carbocycles. The second-order valence-corrected chi connectivity index (χ2v) is 5.67. The Kier molecular flexibility index (Phi) is 4.45. The maximum Gasteiger partial charge on any atom is 0.315 e. The van der Waals surface area contributed by atoms with Gasteiger partial charge in [-0.1, -0.05) is 11.2 Å². The molecule has 0 fully saturated rings. The highest BCUT2D eigenvalue weighted by molar-refractivity contribution is 5.77. The summed E-state index contributed by atoms with van der Waals surface area (Å²) in [6.07, 6.45) is 0.500. The number of amides is 2. The Balaban J connectivity index is 1.51. The molecular formula is C16H20N6O2. The van der Waals surface area contributed by atoms with Crippen LogP contribution in [0.3, 0.4) is 0 Å². The fourth-order valence-corrected chi connectivity index (χ4v) is 2.46. The van der Waals surface area contributed by atoms with Crippen molar-refractivity contribution in [3.05, 3.63) is 41.3 Å². The zero-order valence-corrected chi connectivity index (χ0v) is 14.0. The van der Waals surface area contributed by atoms with Gasteiger partial charge in [-0.25, -0.2) is 9.78 Å². The lowest BCUT2D eigenvalue weighted by Crippen LogP contribution is -2.36. The van der Waals surface area contributed by atoms with Gasteiger partial charge >= 0.3 is 6.03 Å². The number of carbonyl (C=O) groups excluding carboxylic acids is 1. The van der Waals surface area contributed by atoms with Gasteiger partial charge in [0.05, 0.1) is 17.6 Å². The molecule has 2 N–H and O–H groups in total. The van der Waals surface area contributed by atoms with Crippen LogP contribution in [0.25, 0.3) is 11.0 Å². The summed E-state index contributed by atoms with van der Waals surface area (Å²) in [6, 6.07) is 5.86. The van der Waals surface area contributed by atoms with Crippen molar-refractivity contribution in [2.45, 2.75) is 26.8 Å². The van der Waals surface area contributed by atoms with Crippen molar-refractivity contribution in [3.63, 3.8) is 0 Å². The molecule has 0 unspecified atom stereocenters. The smallest absolute Gasteiger partial charge is 0.315 e. The Morgan fingerprint density at radius 2 is 2.08 bits per heavy atom. The van der Waals surface area contributed by atoms with Crippen LogP contribution in [-0.2, 0) is 20.0 Å². The van der Waals surface area contributed by atoms with E-state index in [1.807, 2.05) is 36.7 Å². The van der Waals surface area contributed by atoms with E-state index in [0.717, 1.165) is 22.4 Å². The van der Waals surface area contributed by atoms with E-state index < -0.39 is 0 Å². The van der Waals surface area contributed by atoms with Crippen molar-refractivity contribution in [1.29, 1.82) is 0 Å². The molecule has 8 heteroatoms. The Bertz CT molecular complexity index is 867. The molecule has 0 aliphatic rings. The topological polar surface area (TPSA) is 97.9 Å². The maximum absolute atomic E-state index is 11.9. The fraction of sp³-hybridized carbons (Fsp3) is 0.375. The first-order valence-corrected chi connectivity index (χ1v) is 7.76. The van der Waals surface area contributed by atoms with Crippen LogP contribution < -0.4 is 10.6 Å². The summed E-state index contributed by atoms with van der Waals surface area (Å²) in [5, 5.41) is 9.27. The maximum atomic E-state index is 11.9. The van der Waals surface area contributed by atoms with E-state index in [0.29, 0.717) is 31.2 Å². The number of hydrogen-bond acceptors (Lipinski definition) is 5. The van der Waals surface area contributed by atoms with Gasteiger partial charge < -0.3 is 19.7 Å². The zero-order chi connectivity index (χ0) is 17.1. The van der Waals surface area contributed by atoms with E-state index in [9.17, 15) is 4.79 Å². The summed E-state index contributed by atoms with van der Waals surface area (Å²) in [6.45, 7) is 4.57. The van der Waals surface area contributed by atoms with Gasteiger partial charge in [0.2, 0.25) is 5.89 Å². The predicted molar refractivity (Wildman–Crippen MR) is 88.4 cm³/mol. The third-order valence-corrected chi connectivity index (χ3v) is 3.73. The van der Waals surface area contributed by atoms with Gasteiger partial charge in [-0.05, 0) is 31.5 Å².